The highest BCUT2D eigenvalue weighted by molar-refractivity contribution is 5.81. The molecule has 1 atom stereocenters. The van der Waals surface area contributed by atoms with Crippen LogP contribution in [-0.4, -0.2) is 56.2 Å². The number of carbonyl (C=O) groups is 2. The third-order valence-electron chi connectivity index (χ3n) is 3.96. The Bertz CT molecular complexity index is 330. The molecule has 21 heavy (non-hydrogen) atoms. The molecule has 1 rings (SSSR count). The molecule has 0 bridgehead atoms. The summed E-state index contributed by atoms with van der Waals surface area (Å²) in [5.41, 5.74) is 10.9. The first kappa shape index (κ1) is 17.7. The van der Waals surface area contributed by atoms with Gasteiger partial charge in [0, 0.05) is 33.4 Å². The summed E-state index contributed by atoms with van der Waals surface area (Å²) in [6.07, 6.45) is 4.31. The van der Waals surface area contributed by atoms with Crippen molar-refractivity contribution in [3.63, 3.8) is 0 Å². The average Bonchev–Trinajstić information content (AvgIpc) is 2.49. The number of nitrogens with two attached hydrogens (primary N) is 2. The molecule has 1 saturated heterocycles. The number of ether oxygens (including phenoxy) is 1. The van der Waals surface area contributed by atoms with Gasteiger partial charge in [0.05, 0.1) is 6.04 Å². The molecule has 7 heteroatoms. The van der Waals surface area contributed by atoms with E-state index in [0.29, 0.717) is 25.3 Å². The summed E-state index contributed by atoms with van der Waals surface area (Å²) in [5, 5.41) is 2.49. The summed E-state index contributed by atoms with van der Waals surface area (Å²) in [5.74, 6) is 0.657. The number of likely N-dealkylation sites (tertiary alicyclic amines) is 1. The maximum Gasteiger partial charge on any atom is 0.312 e. The maximum atomic E-state index is 12.2. The Morgan fingerprint density at radius 2 is 2.05 bits per heavy atom. The number of primary amides is 1. The molecule has 1 heterocycles. The Balaban J connectivity index is 2.21. The Kier molecular flexibility index (Phi) is 8.07. The number of urea groups is 1. The average molecular weight is 300 g/mol. The first-order valence-corrected chi connectivity index (χ1v) is 7.61. The van der Waals surface area contributed by atoms with E-state index in [9.17, 15) is 9.59 Å². The van der Waals surface area contributed by atoms with E-state index in [1.54, 1.807) is 7.11 Å². The van der Waals surface area contributed by atoms with Gasteiger partial charge >= 0.3 is 6.03 Å². The van der Waals surface area contributed by atoms with Gasteiger partial charge in [-0.2, -0.15) is 0 Å². The zero-order valence-electron chi connectivity index (χ0n) is 12.8. The minimum atomic E-state index is -0.548. The molecule has 0 aliphatic carbocycles. The van der Waals surface area contributed by atoms with Crippen LogP contribution in [0.2, 0.25) is 0 Å². The number of amides is 3. The summed E-state index contributed by atoms with van der Waals surface area (Å²) < 4.78 is 5.09. The lowest BCUT2D eigenvalue weighted by Gasteiger charge is -2.33. The molecule has 0 aromatic rings. The van der Waals surface area contributed by atoms with Gasteiger partial charge in [-0.1, -0.05) is 0 Å². The van der Waals surface area contributed by atoms with E-state index < -0.39 is 12.1 Å². The molecule has 0 aromatic heterocycles. The molecule has 0 radical (unpaired) electrons. The van der Waals surface area contributed by atoms with Gasteiger partial charge < -0.3 is 26.4 Å². The summed E-state index contributed by atoms with van der Waals surface area (Å²) >= 11 is 0. The Morgan fingerprint density at radius 3 is 2.62 bits per heavy atom. The van der Waals surface area contributed by atoms with E-state index >= 15 is 0 Å². The highest BCUT2D eigenvalue weighted by atomic mass is 16.5. The van der Waals surface area contributed by atoms with Crippen molar-refractivity contribution in [2.45, 2.75) is 38.1 Å². The number of methoxy groups -OCH3 is 1. The van der Waals surface area contributed by atoms with Crippen LogP contribution in [0.25, 0.3) is 0 Å². The zero-order valence-corrected chi connectivity index (χ0v) is 12.8. The molecule has 0 spiro atoms. The van der Waals surface area contributed by atoms with Gasteiger partial charge in [0.2, 0.25) is 5.91 Å². The van der Waals surface area contributed by atoms with Crippen molar-refractivity contribution in [3.8, 4) is 0 Å². The fraction of sp³-hybridized carbons (Fsp3) is 0.857. The minimum absolute atomic E-state index is 0.0132. The number of nitrogens with one attached hydrogen (secondary N) is 1. The van der Waals surface area contributed by atoms with E-state index in [1.807, 2.05) is 4.90 Å². The minimum Gasteiger partial charge on any atom is -0.385 e. The number of hydrogen-bond acceptors (Lipinski definition) is 4. The first-order chi connectivity index (χ1) is 10.0. The molecule has 5 N–H and O–H groups in total. The highest BCUT2D eigenvalue weighted by Crippen LogP contribution is 2.21. The molecule has 0 unspecified atom stereocenters. The van der Waals surface area contributed by atoms with E-state index in [2.05, 4.69) is 5.32 Å². The van der Waals surface area contributed by atoms with Crippen molar-refractivity contribution in [3.05, 3.63) is 0 Å². The topological polar surface area (TPSA) is 111 Å². The zero-order chi connectivity index (χ0) is 15.7. The lowest BCUT2D eigenvalue weighted by atomic mass is 9.93. The standard InChI is InChI=1S/C14H28N4O3/c1-21-10-6-11-4-8-18(9-5-11)13(19)12(15)3-2-7-17-14(16)20/h11-12H,2-10,15H2,1H3,(H3,16,17,20)/t12-/m0/s1. The van der Waals surface area contributed by atoms with Crippen molar-refractivity contribution in [2.24, 2.45) is 17.4 Å². The van der Waals surface area contributed by atoms with Gasteiger partial charge in [-0.3, -0.25) is 4.79 Å². The van der Waals surface area contributed by atoms with Crippen molar-refractivity contribution in [2.75, 3.05) is 33.4 Å². The largest absolute Gasteiger partial charge is 0.385 e. The quantitative estimate of drug-likeness (QED) is 0.549. The SMILES string of the molecule is COCCC1CCN(C(=O)[C@@H](N)CCCNC(N)=O)CC1. The van der Waals surface area contributed by atoms with Gasteiger partial charge in [0.1, 0.15) is 0 Å². The fourth-order valence-corrected chi connectivity index (χ4v) is 2.62. The predicted octanol–water partition coefficient (Wildman–Crippen LogP) is 0.0373. The first-order valence-electron chi connectivity index (χ1n) is 7.61. The lowest BCUT2D eigenvalue weighted by molar-refractivity contribution is -0.134. The van der Waals surface area contributed by atoms with Crippen LogP contribution in [-0.2, 0) is 9.53 Å². The number of nitrogens with zero attached hydrogens (tertiary/aromatic N) is 1. The van der Waals surface area contributed by atoms with Crippen molar-refractivity contribution in [1.82, 2.24) is 10.2 Å². The van der Waals surface area contributed by atoms with E-state index in [1.165, 1.54) is 0 Å². The number of hydrogen-bond donors (Lipinski definition) is 3. The number of piperidine rings is 1. The van der Waals surface area contributed by atoms with Crippen LogP contribution in [0.5, 0.6) is 0 Å². The Hall–Kier alpha value is -1.34. The Morgan fingerprint density at radius 1 is 1.38 bits per heavy atom. The van der Waals surface area contributed by atoms with Crippen molar-refractivity contribution in [1.29, 1.82) is 0 Å². The van der Waals surface area contributed by atoms with Gasteiger partial charge in [-0.25, -0.2) is 4.79 Å². The van der Waals surface area contributed by atoms with Crippen LogP contribution < -0.4 is 16.8 Å². The molecule has 3 amide bonds. The molecular formula is C14H28N4O3. The van der Waals surface area contributed by atoms with E-state index in [0.717, 1.165) is 39.0 Å². The van der Waals surface area contributed by atoms with Crippen LogP contribution in [0.1, 0.15) is 32.1 Å². The molecule has 0 saturated carbocycles. The smallest absolute Gasteiger partial charge is 0.312 e. The maximum absolute atomic E-state index is 12.2. The number of carbonyl (C=O) groups excluding carboxylic acids is 2. The highest BCUT2D eigenvalue weighted by Gasteiger charge is 2.25. The fourth-order valence-electron chi connectivity index (χ4n) is 2.62. The third-order valence-corrected chi connectivity index (χ3v) is 3.96. The monoisotopic (exact) mass is 300 g/mol. The van der Waals surface area contributed by atoms with E-state index in [4.69, 9.17) is 16.2 Å². The summed E-state index contributed by atoms with van der Waals surface area (Å²) in [7, 11) is 1.71. The predicted molar refractivity (Wildman–Crippen MR) is 80.6 cm³/mol. The van der Waals surface area contributed by atoms with Gasteiger partial charge in [-0.05, 0) is 38.0 Å². The second-order valence-electron chi connectivity index (χ2n) is 5.59. The Labute approximate surface area is 126 Å². The van der Waals surface area contributed by atoms with Gasteiger partial charge in [0.15, 0.2) is 0 Å². The molecule has 1 aliphatic rings. The van der Waals surface area contributed by atoms with Gasteiger partial charge in [0.25, 0.3) is 0 Å². The van der Waals surface area contributed by atoms with Crippen molar-refractivity contribution < 1.29 is 14.3 Å². The van der Waals surface area contributed by atoms with Crippen LogP contribution in [0.15, 0.2) is 0 Å². The summed E-state index contributed by atoms with van der Waals surface area (Å²) in [4.78, 5) is 24.6. The molecule has 1 fully saturated rings. The van der Waals surface area contributed by atoms with Crippen LogP contribution in [0.3, 0.4) is 0 Å². The lowest BCUT2D eigenvalue weighted by Crippen LogP contribution is -2.47. The van der Waals surface area contributed by atoms with Gasteiger partial charge in [-0.15, -0.1) is 0 Å². The normalized spacial score (nSPS) is 17.5. The molecule has 7 nitrogen and oxygen atoms in total. The summed E-state index contributed by atoms with van der Waals surface area (Å²) in [6.45, 7) is 2.79. The van der Waals surface area contributed by atoms with Crippen LogP contribution in [0, 0.1) is 5.92 Å². The van der Waals surface area contributed by atoms with E-state index in [-0.39, 0.29) is 5.91 Å². The molecule has 1 aliphatic heterocycles. The molecule has 0 aromatic carbocycles. The van der Waals surface area contributed by atoms with Crippen molar-refractivity contribution >= 4 is 11.9 Å². The second-order valence-corrected chi connectivity index (χ2v) is 5.59. The summed E-state index contributed by atoms with van der Waals surface area (Å²) in [6, 6.07) is -1.04. The van der Waals surface area contributed by atoms with Crippen LogP contribution in [0.4, 0.5) is 4.79 Å². The molecule has 122 valence electrons. The second kappa shape index (κ2) is 9.57. The van der Waals surface area contributed by atoms with Crippen LogP contribution >= 0.6 is 0 Å². The molecular weight excluding hydrogens is 272 g/mol. The number of rotatable bonds is 8. The third kappa shape index (κ3) is 6.77.